The molecule has 0 aliphatic rings. The molecule has 5 rings (SSSR count). The van der Waals surface area contributed by atoms with Crippen LogP contribution in [-0.4, -0.2) is 18.6 Å². The molecular formula is C20H14N4O2S. The van der Waals surface area contributed by atoms with Crippen LogP contribution in [0.25, 0.3) is 22.0 Å². The first-order chi connectivity index (χ1) is 13.2. The van der Waals surface area contributed by atoms with Crippen molar-refractivity contribution >= 4 is 37.6 Å². The van der Waals surface area contributed by atoms with Crippen LogP contribution in [0.3, 0.4) is 0 Å². The molecular weight excluding hydrogens is 360 g/mol. The zero-order valence-corrected chi connectivity index (χ0v) is 14.9. The molecule has 0 N–H and O–H groups in total. The lowest BCUT2D eigenvalue weighted by molar-refractivity contribution is 0.496. The third-order valence-electron chi connectivity index (χ3n) is 4.21. The molecule has 132 valence electrons. The van der Waals surface area contributed by atoms with Gasteiger partial charge in [0.2, 0.25) is 15.0 Å². The van der Waals surface area contributed by atoms with E-state index < -0.39 is 9.92 Å². The van der Waals surface area contributed by atoms with Gasteiger partial charge in [0.1, 0.15) is 16.6 Å². The predicted molar refractivity (Wildman–Crippen MR) is 104 cm³/mol. The maximum absolute atomic E-state index is 14.2. The van der Waals surface area contributed by atoms with Crippen molar-refractivity contribution in [2.45, 2.75) is 5.09 Å². The average Bonchev–Trinajstić information content (AvgIpc) is 3.33. The second kappa shape index (κ2) is 6.07. The first-order valence-electron chi connectivity index (χ1n) is 8.36. The largest absolute Gasteiger partial charge is 0.444 e. The summed E-state index contributed by atoms with van der Waals surface area (Å²) in [6.07, 6.45) is 0. The van der Waals surface area contributed by atoms with E-state index in [4.69, 9.17) is 4.42 Å². The van der Waals surface area contributed by atoms with Crippen LogP contribution in [0.15, 0.2) is 98.8 Å². The quantitative estimate of drug-likeness (QED) is 0.455. The van der Waals surface area contributed by atoms with Gasteiger partial charge in [0, 0.05) is 11.5 Å². The van der Waals surface area contributed by atoms with Gasteiger partial charge in [-0.05, 0) is 30.3 Å². The molecule has 0 aliphatic heterocycles. The molecule has 7 heteroatoms. The molecule has 0 saturated carbocycles. The lowest BCUT2D eigenvalue weighted by Crippen LogP contribution is -2.13. The Morgan fingerprint density at radius 3 is 2.48 bits per heavy atom. The highest BCUT2D eigenvalue weighted by Crippen LogP contribution is 2.29. The minimum absolute atomic E-state index is 0.239. The van der Waals surface area contributed by atoms with Crippen molar-refractivity contribution in [1.82, 2.24) is 14.4 Å². The number of nitrogens with zero attached hydrogens (tertiary/aromatic N) is 4. The summed E-state index contributed by atoms with van der Waals surface area (Å²) in [5.74, 6) is 0. The highest BCUT2D eigenvalue weighted by Gasteiger charge is 2.24. The minimum atomic E-state index is -3.24. The van der Waals surface area contributed by atoms with Crippen molar-refractivity contribution in [2.24, 2.45) is 4.36 Å². The van der Waals surface area contributed by atoms with Crippen LogP contribution in [0, 0.1) is 0 Å². The molecule has 1 atom stereocenters. The van der Waals surface area contributed by atoms with Gasteiger partial charge in [0.05, 0.1) is 5.69 Å². The Bertz CT molecular complexity index is 1350. The molecule has 2 heterocycles. The maximum Gasteiger partial charge on any atom is 0.222 e. The topological polar surface area (TPSA) is 73.3 Å². The van der Waals surface area contributed by atoms with E-state index in [1.54, 1.807) is 18.2 Å². The van der Waals surface area contributed by atoms with Gasteiger partial charge < -0.3 is 4.42 Å². The summed E-state index contributed by atoms with van der Waals surface area (Å²) in [5, 5.41) is 9.38. The second-order valence-corrected chi connectivity index (χ2v) is 7.90. The molecule has 0 radical (unpaired) electrons. The lowest BCUT2D eigenvalue weighted by Gasteiger charge is -2.08. The number of rotatable bonds is 3. The number of hydrogen-bond donors (Lipinski definition) is 0. The monoisotopic (exact) mass is 374 g/mol. The van der Waals surface area contributed by atoms with E-state index in [1.807, 2.05) is 66.7 Å². The zero-order chi connectivity index (χ0) is 18.3. The van der Waals surface area contributed by atoms with E-state index in [9.17, 15) is 4.21 Å². The normalized spacial score (nSPS) is 13.6. The van der Waals surface area contributed by atoms with Crippen molar-refractivity contribution in [2.75, 3.05) is 0 Å². The zero-order valence-electron chi connectivity index (χ0n) is 14.1. The summed E-state index contributed by atoms with van der Waals surface area (Å²) in [7, 11) is -3.24. The van der Waals surface area contributed by atoms with Gasteiger partial charge in [-0.2, -0.15) is 4.36 Å². The number of furan rings is 1. The Labute approximate surface area is 155 Å². The first-order valence-corrected chi connectivity index (χ1v) is 9.83. The molecule has 2 aromatic heterocycles. The number of benzene rings is 3. The molecule has 0 spiro atoms. The summed E-state index contributed by atoms with van der Waals surface area (Å²) < 4.78 is 26.0. The number of hydrogen-bond acceptors (Lipinski definition) is 5. The fourth-order valence-electron chi connectivity index (χ4n) is 2.92. The van der Waals surface area contributed by atoms with Crippen LogP contribution in [0.2, 0.25) is 0 Å². The fourth-order valence-corrected chi connectivity index (χ4v) is 4.70. The highest BCUT2D eigenvalue weighted by atomic mass is 32.2. The van der Waals surface area contributed by atoms with Gasteiger partial charge in [-0.3, -0.25) is 0 Å². The maximum atomic E-state index is 14.2. The van der Waals surface area contributed by atoms with E-state index in [2.05, 4.69) is 14.7 Å². The SMILES string of the molecule is O=S(=Nc1ccccc1)(c1cc2ccccc2o1)n1nnc2ccccc21. The minimum Gasteiger partial charge on any atom is -0.444 e. The van der Waals surface area contributed by atoms with Crippen LogP contribution in [0.5, 0.6) is 0 Å². The van der Waals surface area contributed by atoms with Crippen LogP contribution in [0.1, 0.15) is 0 Å². The summed E-state index contributed by atoms with van der Waals surface area (Å²) in [5.41, 5.74) is 2.49. The van der Waals surface area contributed by atoms with Crippen molar-refractivity contribution in [3.63, 3.8) is 0 Å². The summed E-state index contributed by atoms with van der Waals surface area (Å²) in [4.78, 5) is 0. The molecule has 5 aromatic rings. The van der Waals surface area contributed by atoms with Crippen LogP contribution in [-0.2, 0) is 9.92 Å². The molecule has 27 heavy (non-hydrogen) atoms. The van der Waals surface area contributed by atoms with Crippen LogP contribution in [0.4, 0.5) is 5.69 Å². The van der Waals surface area contributed by atoms with Crippen molar-refractivity contribution < 1.29 is 8.63 Å². The van der Waals surface area contributed by atoms with Gasteiger partial charge >= 0.3 is 0 Å². The number of aromatic nitrogens is 3. The van der Waals surface area contributed by atoms with Gasteiger partial charge in [0.15, 0.2) is 0 Å². The Kier molecular flexibility index (Phi) is 3.54. The van der Waals surface area contributed by atoms with E-state index in [0.29, 0.717) is 22.3 Å². The molecule has 0 aliphatic carbocycles. The smallest absolute Gasteiger partial charge is 0.222 e. The van der Waals surface area contributed by atoms with Gasteiger partial charge in [-0.15, -0.1) is 9.19 Å². The number of para-hydroxylation sites is 2. The van der Waals surface area contributed by atoms with Crippen molar-refractivity contribution in [3.8, 4) is 0 Å². The van der Waals surface area contributed by atoms with E-state index in [1.165, 1.54) is 4.09 Å². The summed E-state index contributed by atoms with van der Waals surface area (Å²) in [6.45, 7) is 0. The number of fused-ring (bicyclic) bond motifs is 2. The molecule has 0 bridgehead atoms. The first kappa shape index (κ1) is 15.8. The predicted octanol–water partition coefficient (Wildman–Crippen LogP) is 4.80. The molecule has 0 fully saturated rings. The Morgan fingerprint density at radius 1 is 0.889 bits per heavy atom. The molecule has 3 aromatic carbocycles. The van der Waals surface area contributed by atoms with E-state index in [0.717, 1.165) is 5.39 Å². The Hall–Kier alpha value is -3.45. The third kappa shape index (κ3) is 2.60. The van der Waals surface area contributed by atoms with Crippen molar-refractivity contribution in [3.05, 3.63) is 84.9 Å². The molecule has 0 saturated heterocycles. The van der Waals surface area contributed by atoms with Gasteiger partial charge in [-0.1, -0.05) is 53.7 Å². The molecule has 1 unspecified atom stereocenters. The molecule has 6 nitrogen and oxygen atoms in total. The van der Waals surface area contributed by atoms with Gasteiger partial charge in [-0.25, -0.2) is 4.21 Å². The van der Waals surface area contributed by atoms with Crippen LogP contribution >= 0.6 is 0 Å². The Balaban J connectivity index is 1.85. The van der Waals surface area contributed by atoms with Crippen LogP contribution < -0.4 is 0 Å². The Morgan fingerprint density at radius 2 is 1.63 bits per heavy atom. The molecule has 0 amide bonds. The average molecular weight is 374 g/mol. The van der Waals surface area contributed by atoms with E-state index >= 15 is 0 Å². The summed E-state index contributed by atoms with van der Waals surface area (Å²) in [6, 6.07) is 25.8. The van der Waals surface area contributed by atoms with Crippen molar-refractivity contribution in [1.29, 1.82) is 0 Å². The standard InChI is InChI=1S/C20H14N4O2S/c25-27(22-16-9-2-1-3-10-16,20-14-15-8-4-7-13-19(15)26-20)24-18-12-6-5-11-17(18)21-23-24/h1-14H. The second-order valence-electron chi connectivity index (χ2n) is 5.98. The van der Waals surface area contributed by atoms with E-state index in [-0.39, 0.29) is 5.09 Å². The fraction of sp³-hybridized carbons (Fsp3) is 0. The third-order valence-corrected chi connectivity index (χ3v) is 6.13. The summed E-state index contributed by atoms with van der Waals surface area (Å²) >= 11 is 0. The highest BCUT2D eigenvalue weighted by molar-refractivity contribution is 7.92. The lowest BCUT2D eigenvalue weighted by atomic mass is 10.3. The van der Waals surface area contributed by atoms with Gasteiger partial charge in [0.25, 0.3) is 0 Å².